The number of aryl methyl sites for hydroxylation is 1. The lowest BCUT2D eigenvalue weighted by molar-refractivity contribution is -0.108. The van der Waals surface area contributed by atoms with Gasteiger partial charge in [0.25, 0.3) is 0 Å². The quantitative estimate of drug-likeness (QED) is 0.599. The molecule has 0 saturated heterocycles. The molecular weight excluding hydrogens is 142 g/mol. The van der Waals surface area contributed by atoms with Crippen molar-refractivity contribution >= 4 is 12.6 Å². The molecule has 58 valence electrons. The SMILES string of the molecule is O=CCCn1ccc(C=O)c1. The highest BCUT2D eigenvalue weighted by molar-refractivity contribution is 5.74. The zero-order valence-electron chi connectivity index (χ0n) is 6.06. The summed E-state index contributed by atoms with van der Waals surface area (Å²) in [7, 11) is 0. The molecule has 0 spiro atoms. The Morgan fingerprint density at radius 3 is 2.82 bits per heavy atom. The van der Waals surface area contributed by atoms with Gasteiger partial charge >= 0.3 is 0 Å². The molecule has 0 aromatic carbocycles. The molecule has 0 N–H and O–H groups in total. The summed E-state index contributed by atoms with van der Waals surface area (Å²) in [6.45, 7) is 0.650. The second-order valence-electron chi connectivity index (χ2n) is 2.26. The normalized spacial score (nSPS) is 9.45. The van der Waals surface area contributed by atoms with Crippen molar-refractivity contribution in [2.24, 2.45) is 0 Å². The fourth-order valence-electron chi connectivity index (χ4n) is 0.870. The first-order valence-corrected chi connectivity index (χ1v) is 3.41. The van der Waals surface area contributed by atoms with Crippen LogP contribution in [0.1, 0.15) is 16.8 Å². The smallest absolute Gasteiger partial charge is 0.151 e. The summed E-state index contributed by atoms with van der Waals surface area (Å²) < 4.78 is 1.82. The molecule has 0 unspecified atom stereocenters. The van der Waals surface area contributed by atoms with Gasteiger partial charge in [-0.15, -0.1) is 0 Å². The Bertz CT molecular complexity index is 252. The maximum Gasteiger partial charge on any atom is 0.151 e. The second-order valence-corrected chi connectivity index (χ2v) is 2.26. The predicted molar refractivity (Wildman–Crippen MR) is 40.5 cm³/mol. The molecule has 0 fully saturated rings. The summed E-state index contributed by atoms with van der Waals surface area (Å²) in [5.74, 6) is 0. The van der Waals surface area contributed by atoms with Crippen LogP contribution in [0.4, 0.5) is 0 Å². The molecule has 0 bridgehead atoms. The van der Waals surface area contributed by atoms with E-state index in [9.17, 15) is 9.59 Å². The van der Waals surface area contributed by atoms with E-state index >= 15 is 0 Å². The van der Waals surface area contributed by atoms with E-state index in [-0.39, 0.29) is 0 Å². The zero-order chi connectivity index (χ0) is 8.10. The Morgan fingerprint density at radius 1 is 1.45 bits per heavy atom. The van der Waals surface area contributed by atoms with Crippen molar-refractivity contribution < 1.29 is 9.59 Å². The molecule has 0 atom stereocenters. The van der Waals surface area contributed by atoms with Crippen molar-refractivity contribution in [3.05, 3.63) is 24.0 Å². The van der Waals surface area contributed by atoms with Gasteiger partial charge in [-0.05, 0) is 6.07 Å². The van der Waals surface area contributed by atoms with Crippen molar-refractivity contribution in [1.29, 1.82) is 0 Å². The minimum atomic E-state index is 0.493. The van der Waals surface area contributed by atoms with Crippen LogP contribution in [0, 0.1) is 0 Å². The monoisotopic (exact) mass is 151 g/mol. The summed E-state index contributed by atoms with van der Waals surface area (Å²) in [6, 6.07) is 1.72. The summed E-state index contributed by atoms with van der Waals surface area (Å²) in [6.07, 6.45) is 5.65. The third kappa shape index (κ3) is 2.04. The topological polar surface area (TPSA) is 39.1 Å². The largest absolute Gasteiger partial charge is 0.353 e. The van der Waals surface area contributed by atoms with E-state index < -0.39 is 0 Å². The zero-order valence-corrected chi connectivity index (χ0v) is 6.06. The fraction of sp³-hybridized carbons (Fsp3) is 0.250. The van der Waals surface area contributed by atoms with Crippen LogP contribution < -0.4 is 0 Å². The predicted octanol–water partition coefficient (Wildman–Crippen LogP) is 0.890. The Kier molecular flexibility index (Phi) is 2.60. The van der Waals surface area contributed by atoms with Crippen molar-refractivity contribution in [3.63, 3.8) is 0 Å². The maximum atomic E-state index is 10.2. The Balaban J connectivity index is 2.57. The minimum Gasteiger partial charge on any atom is -0.353 e. The lowest BCUT2D eigenvalue weighted by Gasteiger charge is -1.94. The van der Waals surface area contributed by atoms with Gasteiger partial charge in [-0.3, -0.25) is 4.79 Å². The van der Waals surface area contributed by atoms with E-state index in [1.165, 1.54) is 0 Å². The number of aldehydes is 2. The van der Waals surface area contributed by atoms with Gasteiger partial charge < -0.3 is 9.36 Å². The Morgan fingerprint density at radius 2 is 2.27 bits per heavy atom. The number of hydrogen-bond acceptors (Lipinski definition) is 2. The second kappa shape index (κ2) is 3.71. The van der Waals surface area contributed by atoms with E-state index in [1.807, 2.05) is 4.57 Å². The van der Waals surface area contributed by atoms with Gasteiger partial charge in [-0.2, -0.15) is 0 Å². The molecule has 3 nitrogen and oxygen atoms in total. The molecule has 0 aliphatic heterocycles. The van der Waals surface area contributed by atoms with Crippen LogP contribution >= 0.6 is 0 Å². The van der Waals surface area contributed by atoms with E-state index in [4.69, 9.17) is 0 Å². The van der Waals surface area contributed by atoms with Gasteiger partial charge in [0.1, 0.15) is 6.29 Å². The van der Waals surface area contributed by atoms with Gasteiger partial charge in [-0.25, -0.2) is 0 Å². The van der Waals surface area contributed by atoms with Gasteiger partial charge in [0, 0.05) is 30.9 Å². The highest BCUT2D eigenvalue weighted by Crippen LogP contribution is 1.97. The summed E-state index contributed by atoms with van der Waals surface area (Å²) in [5.41, 5.74) is 0.649. The van der Waals surface area contributed by atoms with E-state index in [0.717, 1.165) is 12.6 Å². The number of aromatic nitrogens is 1. The van der Waals surface area contributed by atoms with Crippen LogP contribution in [0.2, 0.25) is 0 Å². The molecule has 0 aliphatic carbocycles. The summed E-state index contributed by atoms with van der Waals surface area (Å²) >= 11 is 0. The number of rotatable bonds is 4. The lowest BCUT2D eigenvalue weighted by atomic mass is 10.4. The molecule has 0 radical (unpaired) electrons. The molecule has 0 saturated carbocycles. The van der Waals surface area contributed by atoms with Crippen molar-refractivity contribution in [2.45, 2.75) is 13.0 Å². The molecule has 1 aromatic rings. The average molecular weight is 151 g/mol. The Labute approximate surface area is 64.6 Å². The van der Waals surface area contributed by atoms with Crippen LogP contribution in [0.25, 0.3) is 0 Å². The van der Waals surface area contributed by atoms with Crippen LogP contribution in [-0.2, 0) is 11.3 Å². The third-order valence-corrected chi connectivity index (χ3v) is 1.41. The first kappa shape index (κ1) is 7.72. The number of nitrogens with zero attached hydrogens (tertiary/aromatic N) is 1. The van der Waals surface area contributed by atoms with Crippen molar-refractivity contribution in [2.75, 3.05) is 0 Å². The van der Waals surface area contributed by atoms with Crippen molar-refractivity contribution in [1.82, 2.24) is 4.57 Å². The number of carbonyl (C=O) groups is 2. The van der Waals surface area contributed by atoms with E-state index in [2.05, 4.69) is 0 Å². The molecule has 1 heterocycles. The molecule has 11 heavy (non-hydrogen) atoms. The third-order valence-electron chi connectivity index (χ3n) is 1.41. The minimum absolute atomic E-state index is 0.493. The van der Waals surface area contributed by atoms with E-state index in [0.29, 0.717) is 18.5 Å². The summed E-state index contributed by atoms with van der Waals surface area (Å²) in [5, 5.41) is 0. The number of hydrogen-bond donors (Lipinski definition) is 0. The van der Waals surface area contributed by atoms with Gasteiger partial charge in [0.05, 0.1) is 0 Å². The average Bonchev–Trinajstić information content (AvgIpc) is 2.48. The van der Waals surface area contributed by atoms with Crippen LogP contribution in [0.5, 0.6) is 0 Å². The van der Waals surface area contributed by atoms with Crippen LogP contribution in [-0.4, -0.2) is 17.1 Å². The first-order chi connectivity index (χ1) is 5.36. The van der Waals surface area contributed by atoms with Gasteiger partial charge in [-0.1, -0.05) is 0 Å². The van der Waals surface area contributed by atoms with Crippen molar-refractivity contribution in [3.8, 4) is 0 Å². The Hall–Kier alpha value is -1.38. The highest BCUT2D eigenvalue weighted by Gasteiger charge is 1.93. The molecule has 3 heteroatoms. The maximum absolute atomic E-state index is 10.2. The number of carbonyl (C=O) groups excluding carboxylic acids is 2. The standard InChI is InChI=1S/C8H9NO2/c10-5-1-3-9-4-2-8(6-9)7-11/h2,4-7H,1,3H2. The molecular formula is C8H9NO2. The fourth-order valence-corrected chi connectivity index (χ4v) is 0.870. The highest BCUT2D eigenvalue weighted by atomic mass is 16.1. The molecule has 1 rings (SSSR count). The molecule has 1 aromatic heterocycles. The first-order valence-electron chi connectivity index (χ1n) is 3.41. The lowest BCUT2D eigenvalue weighted by Crippen LogP contribution is -1.93. The molecule has 0 aliphatic rings. The van der Waals surface area contributed by atoms with Crippen LogP contribution in [0.15, 0.2) is 18.5 Å². The van der Waals surface area contributed by atoms with Crippen LogP contribution in [0.3, 0.4) is 0 Å². The van der Waals surface area contributed by atoms with Gasteiger partial charge in [0.15, 0.2) is 6.29 Å². The van der Waals surface area contributed by atoms with Gasteiger partial charge in [0.2, 0.25) is 0 Å². The van der Waals surface area contributed by atoms with E-state index in [1.54, 1.807) is 18.5 Å². The molecule has 0 amide bonds. The summed E-state index contributed by atoms with van der Waals surface area (Å²) in [4.78, 5) is 20.2.